The first-order valence-electron chi connectivity index (χ1n) is 4.35. The monoisotopic (exact) mass is 241 g/mol. The van der Waals surface area contributed by atoms with Crippen LogP contribution in [-0.2, 0) is 4.79 Å². The van der Waals surface area contributed by atoms with Gasteiger partial charge in [-0.3, -0.25) is 4.79 Å². The standard InChI is InChI=1S/C8H15NO3S.ClH/c9-6(8(11)12)3-7(10)5-1-2-13-4-5;/h5-7,10H,1-4,9H2,(H,11,12);1H. The fourth-order valence-electron chi connectivity index (χ4n) is 1.41. The number of thioether (sulfide) groups is 1. The number of hydrogen-bond donors (Lipinski definition) is 3. The summed E-state index contributed by atoms with van der Waals surface area (Å²) in [5, 5.41) is 18.1. The quantitative estimate of drug-likeness (QED) is 0.661. The van der Waals surface area contributed by atoms with Gasteiger partial charge in [0.2, 0.25) is 0 Å². The third-order valence-corrected chi connectivity index (χ3v) is 3.51. The van der Waals surface area contributed by atoms with E-state index in [1.807, 2.05) is 0 Å². The van der Waals surface area contributed by atoms with Crippen LogP contribution >= 0.6 is 24.2 Å². The maximum Gasteiger partial charge on any atom is 0.320 e. The lowest BCUT2D eigenvalue weighted by Gasteiger charge is -2.18. The number of aliphatic hydroxyl groups is 1. The molecular weight excluding hydrogens is 226 g/mol. The molecule has 14 heavy (non-hydrogen) atoms. The lowest BCUT2D eigenvalue weighted by atomic mass is 9.96. The minimum atomic E-state index is -1.04. The number of aliphatic hydroxyl groups excluding tert-OH is 1. The maximum absolute atomic E-state index is 10.4. The van der Waals surface area contributed by atoms with E-state index < -0.39 is 18.1 Å². The van der Waals surface area contributed by atoms with Crippen molar-refractivity contribution >= 4 is 30.1 Å². The van der Waals surface area contributed by atoms with Crippen molar-refractivity contribution in [2.24, 2.45) is 11.7 Å². The number of carboxylic acid groups (broad SMARTS) is 1. The van der Waals surface area contributed by atoms with Crippen LogP contribution in [0.3, 0.4) is 0 Å². The van der Waals surface area contributed by atoms with Gasteiger partial charge in [0.25, 0.3) is 0 Å². The summed E-state index contributed by atoms with van der Waals surface area (Å²) in [6.45, 7) is 0. The second-order valence-electron chi connectivity index (χ2n) is 3.37. The molecule has 0 radical (unpaired) electrons. The highest BCUT2D eigenvalue weighted by molar-refractivity contribution is 7.99. The number of aliphatic carboxylic acids is 1. The first-order chi connectivity index (χ1) is 6.11. The lowest BCUT2D eigenvalue weighted by Crippen LogP contribution is -2.36. The zero-order chi connectivity index (χ0) is 9.84. The van der Waals surface area contributed by atoms with Gasteiger partial charge in [0.05, 0.1) is 6.10 Å². The molecule has 1 aliphatic heterocycles. The van der Waals surface area contributed by atoms with Gasteiger partial charge in [-0.25, -0.2) is 0 Å². The molecule has 4 N–H and O–H groups in total. The van der Waals surface area contributed by atoms with E-state index in [4.69, 9.17) is 10.8 Å². The molecule has 0 saturated carbocycles. The van der Waals surface area contributed by atoms with Crippen molar-refractivity contribution in [2.75, 3.05) is 11.5 Å². The van der Waals surface area contributed by atoms with Gasteiger partial charge in [-0.1, -0.05) is 0 Å². The summed E-state index contributed by atoms with van der Waals surface area (Å²) < 4.78 is 0. The third-order valence-electron chi connectivity index (χ3n) is 2.32. The van der Waals surface area contributed by atoms with Gasteiger partial charge in [0.1, 0.15) is 6.04 Å². The van der Waals surface area contributed by atoms with E-state index in [1.165, 1.54) is 0 Å². The highest BCUT2D eigenvalue weighted by Crippen LogP contribution is 2.27. The Morgan fingerprint density at radius 1 is 1.64 bits per heavy atom. The van der Waals surface area contributed by atoms with Crippen LogP contribution in [0.2, 0.25) is 0 Å². The lowest BCUT2D eigenvalue weighted by molar-refractivity contribution is -0.139. The Labute approximate surface area is 93.7 Å². The van der Waals surface area contributed by atoms with Crippen LogP contribution in [-0.4, -0.2) is 39.8 Å². The average Bonchev–Trinajstić information content (AvgIpc) is 2.55. The first kappa shape index (κ1) is 14.0. The number of halogens is 1. The van der Waals surface area contributed by atoms with E-state index in [9.17, 15) is 9.90 Å². The second-order valence-corrected chi connectivity index (χ2v) is 4.52. The molecule has 3 unspecified atom stereocenters. The molecule has 4 nitrogen and oxygen atoms in total. The predicted octanol–water partition coefficient (Wildman–Crippen LogP) is 0.324. The van der Waals surface area contributed by atoms with Gasteiger partial charge in [0, 0.05) is 0 Å². The van der Waals surface area contributed by atoms with Gasteiger partial charge in [-0.15, -0.1) is 12.4 Å². The van der Waals surface area contributed by atoms with E-state index in [0.717, 1.165) is 17.9 Å². The van der Waals surface area contributed by atoms with Crippen molar-refractivity contribution in [3.8, 4) is 0 Å². The molecule has 84 valence electrons. The van der Waals surface area contributed by atoms with Crippen LogP contribution in [0.5, 0.6) is 0 Å². The van der Waals surface area contributed by atoms with Crippen molar-refractivity contribution in [3.05, 3.63) is 0 Å². The Hall–Kier alpha value is 0.0300. The highest BCUT2D eigenvalue weighted by atomic mass is 35.5. The molecule has 0 aliphatic carbocycles. The van der Waals surface area contributed by atoms with Crippen molar-refractivity contribution in [1.29, 1.82) is 0 Å². The molecule has 6 heteroatoms. The van der Waals surface area contributed by atoms with Gasteiger partial charge < -0.3 is 15.9 Å². The molecule has 3 atom stereocenters. The minimum Gasteiger partial charge on any atom is -0.480 e. The number of rotatable bonds is 4. The molecule has 1 fully saturated rings. The molecular formula is C8H16ClNO3S. The molecule has 0 aromatic carbocycles. The summed E-state index contributed by atoms with van der Waals surface area (Å²) >= 11 is 1.80. The summed E-state index contributed by atoms with van der Waals surface area (Å²) in [5.74, 6) is 1.18. The fourth-order valence-corrected chi connectivity index (χ4v) is 2.74. The molecule has 1 aliphatic rings. The van der Waals surface area contributed by atoms with E-state index in [-0.39, 0.29) is 24.7 Å². The van der Waals surface area contributed by atoms with Crippen molar-refractivity contribution < 1.29 is 15.0 Å². The van der Waals surface area contributed by atoms with Gasteiger partial charge in [-0.2, -0.15) is 11.8 Å². The van der Waals surface area contributed by atoms with Crippen molar-refractivity contribution in [1.82, 2.24) is 0 Å². The van der Waals surface area contributed by atoms with E-state index in [0.29, 0.717) is 0 Å². The van der Waals surface area contributed by atoms with Gasteiger partial charge in [-0.05, 0) is 30.3 Å². The van der Waals surface area contributed by atoms with E-state index >= 15 is 0 Å². The van der Waals surface area contributed by atoms with Crippen molar-refractivity contribution in [2.45, 2.75) is 25.0 Å². The van der Waals surface area contributed by atoms with Crippen LogP contribution in [0.1, 0.15) is 12.8 Å². The number of hydrogen-bond acceptors (Lipinski definition) is 4. The van der Waals surface area contributed by atoms with Crippen LogP contribution in [0.25, 0.3) is 0 Å². The minimum absolute atomic E-state index is 0. The molecule has 0 spiro atoms. The summed E-state index contributed by atoms with van der Waals surface area (Å²) in [5.41, 5.74) is 5.32. The SMILES string of the molecule is Cl.NC(CC(O)C1CCSC1)C(=O)O. The Morgan fingerprint density at radius 2 is 2.29 bits per heavy atom. The van der Waals surface area contributed by atoms with Gasteiger partial charge >= 0.3 is 5.97 Å². The van der Waals surface area contributed by atoms with Crippen LogP contribution in [0.15, 0.2) is 0 Å². The third kappa shape index (κ3) is 4.04. The predicted molar refractivity (Wildman–Crippen MR) is 58.9 cm³/mol. The summed E-state index contributed by atoms with van der Waals surface area (Å²) in [4.78, 5) is 10.4. The zero-order valence-electron chi connectivity index (χ0n) is 7.76. The molecule has 1 saturated heterocycles. The summed E-state index contributed by atoms with van der Waals surface area (Å²) in [6.07, 6.45) is 0.583. The molecule has 0 bridgehead atoms. The van der Waals surface area contributed by atoms with Crippen molar-refractivity contribution in [3.63, 3.8) is 0 Å². The first-order valence-corrected chi connectivity index (χ1v) is 5.51. The van der Waals surface area contributed by atoms with Gasteiger partial charge in [0.15, 0.2) is 0 Å². The Morgan fingerprint density at radius 3 is 2.71 bits per heavy atom. The molecule has 0 aromatic heterocycles. The second kappa shape index (κ2) is 6.50. The molecule has 1 heterocycles. The van der Waals surface area contributed by atoms with E-state index in [1.54, 1.807) is 11.8 Å². The summed E-state index contributed by atoms with van der Waals surface area (Å²) in [7, 11) is 0. The molecule has 0 amide bonds. The Balaban J connectivity index is 0.00000169. The normalized spacial score (nSPS) is 25.1. The maximum atomic E-state index is 10.4. The number of carboxylic acids is 1. The van der Waals surface area contributed by atoms with Crippen LogP contribution in [0, 0.1) is 5.92 Å². The Bertz CT molecular complexity index is 187. The largest absolute Gasteiger partial charge is 0.480 e. The smallest absolute Gasteiger partial charge is 0.320 e. The number of carbonyl (C=O) groups is 1. The molecule has 1 rings (SSSR count). The van der Waals surface area contributed by atoms with E-state index in [2.05, 4.69) is 0 Å². The Kier molecular flexibility index (Phi) is 6.52. The average molecular weight is 242 g/mol. The topological polar surface area (TPSA) is 83.5 Å². The fraction of sp³-hybridized carbons (Fsp3) is 0.875. The van der Waals surface area contributed by atoms with Crippen LogP contribution < -0.4 is 5.73 Å². The summed E-state index contributed by atoms with van der Waals surface area (Å²) in [6, 6.07) is -0.930. The zero-order valence-corrected chi connectivity index (χ0v) is 9.39. The number of nitrogens with two attached hydrogens (primary N) is 1. The van der Waals surface area contributed by atoms with Crippen LogP contribution in [0.4, 0.5) is 0 Å². The highest BCUT2D eigenvalue weighted by Gasteiger charge is 2.26. The molecule has 0 aromatic rings.